The molecule has 0 aliphatic carbocycles. The Morgan fingerprint density at radius 3 is 2.95 bits per heavy atom. The molecule has 1 amide bonds. The van der Waals surface area contributed by atoms with Crippen molar-refractivity contribution in [3.05, 3.63) is 29.6 Å². The number of aromatic nitrogens is 1. The molecule has 2 heterocycles. The van der Waals surface area contributed by atoms with Crippen LogP contribution in [0.3, 0.4) is 0 Å². The number of amides is 1. The maximum atomic E-state index is 12.2. The molecule has 0 spiro atoms. The first-order valence-electron chi connectivity index (χ1n) is 6.98. The van der Waals surface area contributed by atoms with Crippen molar-refractivity contribution >= 4 is 11.9 Å². The Morgan fingerprint density at radius 1 is 1.57 bits per heavy atom. The first kappa shape index (κ1) is 15.4. The molecule has 1 aliphatic rings. The Labute approximate surface area is 123 Å². The normalized spacial score (nSPS) is 22.4. The van der Waals surface area contributed by atoms with Gasteiger partial charge in [-0.3, -0.25) is 14.6 Å². The minimum absolute atomic E-state index is 0.0298. The fourth-order valence-corrected chi connectivity index (χ4v) is 2.84. The number of pyridine rings is 1. The van der Waals surface area contributed by atoms with E-state index in [2.05, 4.69) is 4.98 Å². The van der Waals surface area contributed by atoms with Gasteiger partial charge in [-0.2, -0.15) is 0 Å². The van der Waals surface area contributed by atoms with E-state index in [0.717, 1.165) is 11.1 Å². The molecule has 0 aromatic carbocycles. The number of methoxy groups -OCH3 is 1. The van der Waals surface area contributed by atoms with Gasteiger partial charge in [-0.05, 0) is 30.5 Å². The molecule has 1 saturated heterocycles. The van der Waals surface area contributed by atoms with Crippen molar-refractivity contribution in [3.8, 4) is 0 Å². The van der Waals surface area contributed by atoms with Gasteiger partial charge in [0.25, 0.3) is 0 Å². The van der Waals surface area contributed by atoms with Gasteiger partial charge in [0.2, 0.25) is 5.91 Å². The highest BCUT2D eigenvalue weighted by Crippen LogP contribution is 2.37. The number of carboxylic acid groups (broad SMARTS) is 1. The van der Waals surface area contributed by atoms with Crippen LogP contribution in [0.4, 0.5) is 0 Å². The molecule has 1 aromatic rings. The number of carboxylic acids is 1. The summed E-state index contributed by atoms with van der Waals surface area (Å²) in [6.45, 7) is 2.68. The third kappa shape index (κ3) is 3.21. The number of hydrogen-bond donors (Lipinski definition) is 1. The van der Waals surface area contributed by atoms with Crippen LogP contribution in [0.1, 0.15) is 30.0 Å². The summed E-state index contributed by atoms with van der Waals surface area (Å²) in [6, 6.07) is 1.36. The zero-order chi connectivity index (χ0) is 15.4. The van der Waals surface area contributed by atoms with Crippen LogP contribution in [0.15, 0.2) is 18.5 Å². The maximum absolute atomic E-state index is 12.2. The number of carbonyl (C=O) groups is 2. The van der Waals surface area contributed by atoms with Gasteiger partial charge >= 0.3 is 5.97 Å². The molecule has 1 aliphatic heterocycles. The molecule has 2 unspecified atom stereocenters. The van der Waals surface area contributed by atoms with E-state index in [1.807, 2.05) is 13.0 Å². The average Bonchev–Trinajstić information content (AvgIpc) is 2.46. The summed E-state index contributed by atoms with van der Waals surface area (Å²) in [5.74, 6) is -1.52. The summed E-state index contributed by atoms with van der Waals surface area (Å²) >= 11 is 0. The molecule has 114 valence electrons. The largest absolute Gasteiger partial charge is 0.481 e. The van der Waals surface area contributed by atoms with E-state index < -0.39 is 17.9 Å². The third-order valence-corrected chi connectivity index (χ3v) is 3.96. The summed E-state index contributed by atoms with van der Waals surface area (Å²) in [5.41, 5.74) is 1.74. The van der Waals surface area contributed by atoms with Crippen LogP contribution in [-0.2, 0) is 14.3 Å². The van der Waals surface area contributed by atoms with Gasteiger partial charge in [-0.25, -0.2) is 0 Å². The van der Waals surface area contributed by atoms with E-state index in [1.165, 1.54) is 0 Å². The zero-order valence-electron chi connectivity index (χ0n) is 12.3. The van der Waals surface area contributed by atoms with Crippen molar-refractivity contribution in [1.82, 2.24) is 9.88 Å². The lowest BCUT2D eigenvalue weighted by atomic mass is 9.83. The van der Waals surface area contributed by atoms with E-state index in [-0.39, 0.29) is 12.3 Å². The average molecular weight is 292 g/mol. The topological polar surface area (TPSA) is 79.7 Å². The van der Waals surface area contributed by atoms with E-state index in [4.69, 9.17) is 4.74 Å². The minimum atomic E-state index is -0.877. The van der Waals surface area contributed by atoms with Crippen LogP contribution < -0.4 is 0 Å². The Bertz CT molecular complexity index is 532. The highest BCUT2D eigenvalue weighted by atomic mass is 16.5. The van der Waals surface area contributed by atoms with Crippen LogP contribution in [-0.4, -0.2) is 47.1 Å². The standard InChI is InChI=1S/C15H20N2O4/c1-10-5-6-16-9-12(10)14-11(15(19)20)3-4-13(18)17(14)7-8-21-2/h5-6,9,11,14H,3-4,7-8H2,1-2H3,(H,19,20). The third-order valence-electron chi connectivity index (χ3n) is 3.96. The quantitative estimate of drug-likeness (QED) is 0.887. The Balaban J connectivity index is 2.41. The zero-order valence-corrected chi connectivity index (χ0v) is 12.3. The monoisotopic (exact) mass is 292 g/mol. The molecule has 21 heavy (non-hydrogen) atoms. The van der Waals surface area contributed by atoms with E-state index >= 15 is 0 Å². The molecule has 6 nitrogen and oxygen atoms in total. The molecular weight excluding hydrogens is 272 g/mol. The molecular formula is C15H20N2O4. The van der Waals surface area contributed by atoms with Crippen molar-refractivity contribution in [2.75, 3.05) is 20.3 Å². The van der Waals surface area contributed by atoms with Crippen LogP contribution in [0.25, 0.3) is 0 Å². The molecule has 1 N–H and O–H groups in total. The van der Waals surface area contributed by atoms with Crippen LogP contribution >= 0.6 is 0 Å². The van der Waals surface area contributed by atoms with Gasteiger partial charge in [-0.1, -0.05) is 0 Å². The van der Waals surface area contributed by atoms with Gasteiger partial charge in [0.05, 0.1) is 18.6 Å². The van der Waals surface area contributed by atoms with Gasteiger partial charge in [0, 0.05) is 32.5 Å². The number of aliphatic carboxylic acids is 1. The van der Waals surface area contributed by atoms with Crippen molar-refractivity contribution in [3.63, 3.8) is 0 Å². The van der Waals surface area contributed by atoms with Crippen molar-refractivity contribution < 1.29 is 19.4 Å². The fraction of sp³-hybridized carbons (Fsp3) is 0.533. The first-order valence-corrected chi connectivity index (χ1v) is 6.98. The lowest BCUT2D eigenvalue weighted by Crippen LogP contribution is -2.46. The van der Waals surface area contributed by atoms with Crippen LogP contribution in [0, 0.1) is 12.8 Å². The summed E-state index contributed by atoms with van der Waals surface area (Å²) in [4.78, 5) is 29.5. The number of rotatable bonds is 5. The van der Waals surface area contributed by atoms with Gasteiger partial charge in [0.15, 0.2) is 0 Å². The fourth-order valence-electron chi connectivity index (χ4n) is 2.84. The number of aryl methyl sites for hydroxylation is 1. The van der Waals surface area contributed by atoms with E-state index in [0.29, 0.717) is 19.6 Å². The predicted molar refractivity (Wildman–Crippen MR) is 75.7 cm³/mol. The first-order chi connectivity index (χ1) is 10.1. The number of likely N-dealkylation sites (tertiary alicyclic amines) is 1. The SMILES string of the molecule is COCCN1C(=O)CCC(C(=O)O)C1c1cnccc1C. The van der Waals surface area contributed by atoms with Gasteiger partial charge in [0.1, 0.15) is 0 Å². The smallest absolute Gasteiger partial charge is 0.308 e. The summed E-state index contributed by atoms with van der Waals surface area (Å²) in [5, 5.41) is 9.50. The number of ether oxygens (including phenoxy) is 1. The highest BCUT2D eigenvalue weighted by molar-refractivity contribution is 5.81. The summed E-state index contributed by atoms with van der Waals surface area (Å²) < 4.78 is 5.05. The summed E-state index contributed by atoms with van der Waals surface area (Å²) in [7, 11) is 1.56. The van der Waals surface area contributed by atoms with E-state index in [9.17, 15) is 14.7 Å². The Hall–Kier alpha value is -1.95. The lowest BCUT2D eigenvalue weighted by molar-refractivity contribution is -0.152. The number of nitrogens with zero attached hydrogens (tertiary/aromatic N) is 2. The number of hydrogen-bond acceptors (Lipinski definition) is 4. The predicted octanol–water partition coefficient (Wildman–Crippen LogP) is 1.40. The summed E-state index contributed by atoms with van der Waals surface area (Å²) in [6.07, 6.45) is 3.94. The Kier molecular flexibility index (Phi) is 4.90. The minimum Gasteiger partial charge on any atom is -0.481 e. The number of piperidine rings is 1. The molecule has 0 radical (unpaired) electrons. The molecule has 1 aromatic heterocycles. The van der Waals surface area contributed by atoms with Crippen LogP contribution in [0.2, 0.25) is 0 Å². The van der Waals surface area contributed by atoms with Gasteiger partial charge < -0.3 is 14.7 Å². The lowest BCUT2D eigenvalue weighted by Gasteiger charge is -2.40. The van der Waals surface area contributed by atoms with Crippen molar-refractivity contribution in [2.24, 2.45) is 5.92 Å². The Morgan fingerprint density at radius 2 is 2.33 bits per heavy atom. The van der Waals surface area contributed by atoms with Gasteiger partial charge in [-0.15, -0.1) is 0 Å². The highest BCUT2D eigenvalue weighted by Gasteiger charge is 2.41. The van der Waals surface area contributed by atoms with E-state index in [1.54, 1.807) is 24.4 Å². The molecule has 2 atom stereocenters. The van der Waals surface area contributed by atoms with Crippen molar-refractivity contribution in [1.29, 1.82) is 0 Å². The molecule has 0 saturated carbocycles. The van der Waals surface area contributed by atoms with Crippen LogP contribution in [0.5, 0.6) is 0 Å². The molecule has 1 fully saturated rings. The molecule has 2 rings (SSSR count). The molecule has 0 bridgehead atoms. The second kappa shape index (κ2) is 6.67. The second-order valence-electron chi connectivity index (χ2n) is 5.24. The maximum Gasteiger partial charge on any atom is 0.308 e. The van der Waals surface area contributed by atoms with Crippen molar-refractivity contribution in [2.45, 2.75) is 25.8 Å². The number of carbonyl (C=O) groups excluding carboxylic acids is 1. The second-order valence-corrected chi connectivity index (χ2v) is 5.24. The molecule has 6 heteroatoms.